The van der Waals surface area contributed by atoms with Gasteiger partial charge >= 0.3 is 64.9 Å². The summed E-state index contributed by atoms with van der Waals surface area (Å²) in [5.74, 6) is -0.423. The van der Waals surface area contributed by atoms with Gasteiger partial charge in [-0.15, -0.1) is 24.0 Å². The van der Waals surface area contributed by atoms with E-state index in [9.17, 15) is 4.79 Å². The molecule has 8 N–H and O–H groups in total. The summed E-state index contributed by atoms with van der Waals surface area (Å²) in [6, 6.07) is 0. The topological polar surface area (TPSA) is 188 Å². The summed E-state index contributed by atoms with van der Waals surface area (Å²) in [7, 11) is 0. The Morgan fingerprint density at radius 1 is 0.879 bits per heavy atom. The molecule has 1 fully saturated rings. The van der Waals surface area contributed by atoms with Crippen LogP contribution in [0.15, 0.2) is 0 Å². The van der Waals surface area contributed by atoms with Gasteiger partial charge in [0.1, 0.15) is 5.78 Å². The second-order valence-electron chi connectivity index (χ2n) is 7.03. The van der Waals surface area contributed by atoms with Crippen molar-refractivity contribution in [3.8, 4) is 0 Å². The van der Waals surface area contributed by atoms with Crippen LogP contribution in [0.5, 0.6) is 0 Å². The van der Waals surface area contributed by atoms with Gasteiger partial charge in [-0.3, -0.25) is 0 Å². The van der Waals surface area contributed by atoms with E-state index in [1.54, 1.807) is 6.92 Å². The Labute approximate surface area is 253 Å². The summed E-state index contributed by atoms with van der Waals surface area (Å²) in [4.78, 5) is 9.17. The Morgan fingerprint density at radius 3 is 1.21 bits per heavy atom. The number of aliphatic hydroxyl groups excluding tert-OH is 6. The van der Waals surface area contributed by atoms with Crippen LogP contribution in [0.1, 0.15) is 34.6 Å². The summed E-state index contributed by atoms with van der Waals surface area (Å²) in [6.45, 7) is 10.5. The molecule has 10 nitrogen and oxygen atoms in total. The van der Waals surface area contributed by atoms with Crippen molar-refractivity contribution in [2.45, 2.75) is 40.4 Å². The SMILES string of the molecule is CC(C)=O.CC1(C)OCC(CO)(CO)CO1.I.O.OCC(CO)(CO)CO.[CH2-]C.[I][V]([I])[I]. The van der Waals surface area contributed by atoms with Crippen LogP contribution in [0.4, 0.5) is 0 Å². The fourth-order valence-electron chi connectivity index (χ4n) is 1.27. The number of Topliss-reactive ketones (excluding diaryl/α,β-unsaturated/α-hetero) is 1. The van der Waals surface area contributed by atoms with Crippen molar-refractivity contribution in [2.75, 3.05) is 52.9 Å². The van der Waals surface area contributed by atoms with E-state index in [0.29, 0.717) is 13.2 Å². The molecule has 0 aromatic heterocycles. The third-order valence-electron chi connectivity index (χ3n) is 3.46. The van der Waals surface area contributed by atoms with E-state index < -0.39 is 43.0 Å². The van der Waals surface area contributed by atoms with Crippen LogP contribution in [-0.2, 0) is 19.2 Å². The van der Waals surface area contributed by atoms with E-state index in [1.807, 2.05) is 13.8 Å². The van der Waals surface area contributed by atoms with Gasteiger partial charge in [0.05, 0.1) is 63.7 Å². The van der Waals surface area contributed by atoms with Crippen LogP contribution in [0.2, 0.25) is 0 Å². The third-order valence-corrected chi connectivity index (χ3v) is 3.46. The number of carbonyl (C=O) groups is 1. The van der Waals surface area contributed by atoms with Gasteiger partial charge in [0.15, 0.2) is 5.79 Å². The predicted octanol–water partition coefficient (Wildman–Crippen LogP) is 1.57. The zero-order chi connectivity index (χ0) is 25.7. The van der Waals surface area contributed by atoms with E-state index in [2.05, 4.69) is 66.9 Å². The van der Waals surface area contributed by atoms with Crippen molar-refractivity contribution in [1.29, 1.82) is 0 Å². The number of halogens is 4. The average Bonchev–Trinajstić information content (AvgIpc) is 2.72. The van der Waals surface area contributed by atoms with E-state index >= 15 is 0 Å². The molecule has 0 amide bonds. The Kier molecular flexibility index (Phi) is 43.5. The third kappa shape index (κ3) is 30.9. The number of aliphatic hydroxyl groups is 6. The van der Waals surface area contributed by atoms with Crippen LogP contribution in [0.3, 0.4) is 0 Å². The molecule has 0 bridgehead atoms. The molecule has 0 aliphatic carbocycles. The number of carbonyl (C=O) groups excluding carboxylic acids is 1. The number of hydrogen-bond acceptors (Lipinski definition) is 9. The molecule has 1 saturated heterocycles. The molecule has 0 radical (unpaired) electrons. The molecule has 0 atom stereocenters. The van der Waals surface area contributed by atoms with Gasteiger partial charge in [-0.25, -0.2) is 0 Å². The molecule has 15 heteroatoms. The van der Waals surface area contributed by atoms with Crippen LogP contribution in [-0.4, -0.2) is 101 Å². The van der Waals surface area contributed by atoms with Gasteiger partial charge in [-0.1, -0.05) is 0 Å². The first kappa shape index (κ1) is 48.8. The quantitative estimate of drug-likeness (QED) is 0.170. The molecule has 0 spiro atoms. The maximum absolute atomic E-state index is 9.44. The summed E-state index contributed by atoms with van der Waals surface area (Å²) in [6.07, 6.45) is 0. The van der Waals surface area contributed by atoms with Crippen molar-refractivity contribution >= 4 is 89.7 Å². The van der Waals surface area contributed by atoms with Gasteiger partial charge < -0.3 is 57.3 Å². The van der Waals surface area contributed by atoms with Gasteiger partial charge in [0.25, 0.3) is 0 Å². The average molecular weight is 977 g/mol. The second-order valence-corrected chi connectivity index (χ2v) is 42.4. The van der Waals surface area contributed by atoms with E-state index in [0.717, 1.165) is 0 Å². The molecule has 208 valence electrons. The molecular weight excluding hydrogens is 935 g/mol. The van der Waals surface area contributed by atoms with Crippen molar-refractivity contribution < 1.29 is 55.3 Å². The summed E-state index contributed by atoms with van der Waals surface area (Å²) in [5, 5.41) is 52.0. The molecule has 1 aliphatic heterocycles. The van der Waals surface area contributed by atoms with Gasteiger partial charge in [-0.05, 0) is 27.7 Å². The zero-order valence-electron chi connectivity index (χ0n) is 19.8. The Bertz CT molecular complexity index is 377. The predicted molar refractivity (Wildman–Crippen MR) is 162 cm³/mol. The standard InChI is InChI=1S/C8H16O4.C5H12O4.C3H6O.C2H5.4HI.H2O.V/c1-7(2)11-5-8(3-9,4-10)6-12-7;6-1-5(2-7,3-8)4-9;1-3(2)4;1-2;;;;;;/h9-10H,3-6H2,1-2H3;6-9H,1-4H2;1-2H3;1H2,2H3;4*1H;1H2;/q;;;-1;;;;;;+3/p-3. The van der Waals surface area contributed by atoms with Crippen molar-refractivity contribution in [3.63, 3.8) is 0 Å². The second kappa shape index (κ2) is 29.4. The first-order valence-electron chi connectivity index (χ1n) is 9.13. The molecule has 0 saturated carbocycles. The minimum absolute atomic E-state index is 0. The summed E-state index contributed by atoms with van der Waals surface area (Å²) < 4.78 is 10.6. The van der Waals surface area contributed by atoms with Crippen molar-refractivity contribution in [3.05, 3.63) is 6.92 Å². The molecule has 1 heterocycles. The zero-order valence-corrected chi connectivity index (χ0v) is 30.0. The molecular formula is C18H42I4O10V-. The minimum atomic E-state index is -1.11. The molecule has 1 rings (SSSR count). The monoisotopic (exact) mass is 977 g/mol. The summed E-state index contributed by atoms with van der Waals surface area (Å²) >= 11 is 7.39. The molecule has 1 aliphatic rings. The van der Waals surface area contributed by atoms with Crippen molar-refractivity contribution in [1.82, 2.24) is 0 Å². The first-order chi connectivity index (χ1) is 14.2. The van der Waals surface area contributed by atoms with E-state index in [1.165, 1.54) is 13.8 Å². The molecule has 0 aromatic rings. The Morgan fingerprint density at radius 2 is 1.09 bits per heavy atom. The molecule has 0 aromatic carbocycles. The van der Waals surface area contributed by atoms with E-state index in [-0.39, 0.29) is 53.4 Å². The normalized spacial score (nSPS) is 15.2. The van der Waals surface area contributed by atoms with Crippen LogP contribution in [0, 0.1) is 17.8 Å². The number of rotatable bonds is 6. The van der Waals surface area contributed by atoms with Gasteiger partial charge in [0, 0.05) is 0 Å². The maximum atomic E-state index is 9.44. The number of hydrogen-bond donors (Lipinski definition) is 6. The fraction of sp³-hybridized carbons (Fsp3) is 0.889. The number of ether oxygens (including phenoxy) is 2. The fourth-order valence-corrected chi connectivity index (χ4v) is 1.27. The van der Waals surface area contributed by atoms with Crippen molar-refractivity contribution in [2.24, 2.45) is 10.8 Å². The van der Waals surface area contributed by atoms with E-state index in [4.69, 9.17) is 40.1 Å². The van der Waals surface area contributed by atoms with Crippen LogP contribution < -0.4 is 0 Å². The Hall–Kier alpha value is 2.81. The van der Waals surface area contributed by atoms with Crippen LogP contribution in [0.25, 0.3) is 0 Å². The summed E-state index contributed by atoms with van der Waals surface area (Å²) in [5.41, 5.74) is -1.73. The van der Waals surface area contributed by atoms with Crippen LogP contribution >= 0.6 is 83.9 Å². The first-order valence-corrected chi connectivity index (χ1v) is 22.6. The number of ketones is 1. The Balaban J connectivity index is -0.0000000772. The molecule has 0 unspecified atom stereocenters. The van der Waals surface area contributed by atoms with Gasteiger partial charge in [-0.2, -0.15) is 6.92 Å². The van der Waals surface area contributed by atoms with Gasteiger partial charge in [0.2, 0.25) is 0 Å². The molecule has 33 heavy (non-hydrogen) atoms.